The minimum atomic E-state index is -4.72. The summed E-state index contributed by atoms with van der Waals surface area (Å²) in [5.41, 5.74) is -2.33. The molecular formula is C20H17ClF3N9O2. The molecule has 11 nitrogen and oxygen atoms in total. The average Bonchev–Trinajstić information content (AvgIpc) is 3.51. The third-order valence-electron chi connectivity index (χ3n) is 5.75. The van der Waals surface area contributed by atoms with Crippen LogP contribution in [0.25, 0.3) is 11.5 Å². The summed E-state index contributed by atoms with van der Waals surface area (Å²) in [7, 11) is 0. The molecular weight excluding hydrogens is 491 g/mol. The van der Waals surface area contributed by atoms with Gasteiger partial charge in [-0.2, -0.15) is 28.5 Å². The number of fused-ring (bicyclic) bond motifs is 3. The first kappa shape index (κ1) is 23.0. The van der Waals surface area contributed by atoms with Crippen LogP contribution >= 0.6 is 11.6 Å². The van der Waals surface area contributed by atoms with E-state index in [1.54, 1.807) is 0 Å². The molecule has 4 aromatic rings. The molecule has 0 radical (unpaired) electrons. The second-order valence-corrected chi connectivity index (χ2v) is 8.61. The number of hydrogen-bond acceptors (Lipinski definition) is 7. The third kappa shape index (κ3) is 3.65. The van der Waals surface area contributed by atoms with E-state index in [0.717, 1.165) is 16.3 Å². The molecule has 1 aliphatic heterocycles. The van der Waals surface area contributed by atoms with Crippen molar-refractivity contribution in [2.75, 3.05) is 16.8 Å². The van der Waals surface area contributed by atoms with Crippen LogP contribution in [-0.4, -0.2) is 58.4 Å². The lowest BCUT2D eigenvalue weighted by Crippen LogP contribution is -2.46. The Morgan fingerprint density at radius 2 is 1.94 bits per heavy atom. The number of nitrogens with zero attached hydrogens (tertiary/aromatic N) is 8. The van der Waals surface area contributed by atoms with Crippen molar-refractivity contribution in [1.29, 1.82) is 0 Å². The Labute approximate surface area is 200 Å². The first-order valence-corrected chi connectivity index (χ1v) is 10.6. The van der Waals surface area contributed by atoms with Gasteiger partial charge in [0.1, 0.15) is 5.41 Å². The number of rotatable bonds is 3. The van der Waals surface area contributed by atoms with Crippen LogP contribution in [0.2, 0.25) is 5.02 Å². The number of aliphatic hydroxyl groups excluding tert-OH is 1. The van der Waals surface area contributed by atoms with Crippen LogP contribution < -0.4 is 10.2 Å². The van der Waals surface area contributed by atoms with E-state index in [-0.39, 0.29) is 39.3 Å². The Morgan fingerprint density at radius 1 is 1.23 bits per heavy atom. The predicted octanol–water partition coefficient (Wildman–Crippen LogP) is 3.28. The number of carbonyl (C=O) groups is 1. The molecule has 2 atom stereocenters. The zero-order valence-electron chi connectivity index (χ0n) is 18.2. The Bertz CT molecular complexity index is 1440. The van der Waals surface area contributed by atoms with Gasteiger partial charge in [0.15, 0.2) is 11.5 Å². The van der Waals surface area contributed by atoms with E-state index in [1.165, 1.54) is 48.6 Å². The van der Waals surface area contributed by atoms with E-state index >= 15 is 0 Å². The summed E-state index contributed by atoms with van der Waals surface area (Å²) in [4.78, 5) is 23.5. The SMILES string of the molecule is CC(O)c1cc2ncc3c(n2n1)C(C)(C(F)(F)F)CN3C(=O)Nc1cnc(-n2nccn2)c(Cl)c1. The Morgan fingerprint density at radius 3 is 2.57 bits per heavy atom. The van der Waals surface area contributed by atoms with Crippen molar-refractivity contribution in [3.05, 3.63) is 53.3 Å². The quantitative estimate of drug-likeness (QED) is 0.435. The van der Waals surface area contributed by atoms with Crippen LogP contribution in [0.3, 0.4) is 0 Å². The van der Waals surface area contributed by atoms with Gasteiger partial charge in [0, 0.05) is 12.6 Å². The normalized spacial score (nSPS) is 18.7. The molecule has 0 bridgehead atoms. The van der Waals surface area contributed by atoms with Gasteiger partial charge in [-0.25, -0.2) is 19.3 Å². The summed E-state index contributed by atoms with van der Waals surface area (Å²) in [5, 5.41) is 24.5. The molecule has 35 heavy (non-hydrogen) atoms. The standard InChI is InChI=1S/C20H17ClF3N9O2/c1-10(34)13-6-15-25-8-14-16(32(15)30-13)19(2,20(22,23)24)9-31(14)18(35)29-11-5-12(21)17(26-7-11)33-27-3-4-28-33/h3-8,10,34H,9H2,1-2H3,(H,29,35). The molecule has 1 aliphatic rings. The second-order valence-electron chi connectivity index (χ2n) is 8.20. The lowest BCUT2D eigenvalue weighted by atomic mass is 9.88. The summed E-state index contributed by atoms with van der Waals surface area (Å²) in [5.74, 6) is 0.213. The molecule has 0 fully saturated rings. The van der Waals surface area contributed by atoms with E-state index in [4.69, 9.17) is 11.6 Å². The maximum absolute atomic E-state index is 14.3. The molecule has 2 unspecified atom stereocenters. The van der Waals surface area contributed by atoms with Gasteiger partial charge in [0.25, 0.3) is 0 Å². The summed E-state index contributed by atoms with van der Waals surface area (Å²) < 4.78 is 43.9. The zero-order valence-corrected chi connectivity index (χ0v) is 18.9. The van der Waals surface area contributed by atoms with Crippen LogP contribution in [0, 0.1) is 0 Å². The molecule has 0 spiro atoms. The average molecular weight is 508 g/mol. The van der Waals surface area contributed by atoms with Crippen LogP contribution in [0.1, 0.15) is 31.3 Å². The van der Waals surface area contributed by atoms with Gasteiger partial charge < -0.3 is 10.4 Å². The minimum absolute atomic E-state index is 0.0634. The molecule has 2 N–H and O–H groups in total. The van der Waals surface area contributed by atoms with E-state index in [0.29, 0.717) is 0 Å². The highest BCUT2D eigenvalue weighted by Gasteiger charge is 2.60. The Balaban J connectivity index is 1.52. The number of alkyl halides is 3. The number of halogens is 4. The number of nitrogens with one attached hydrogen (secondary N) is 1. The fourth-order valence-electron chi connectivity index (χ4n) is 3.90. The fourth-order valence-corrected chi connectivity index (χ4v) is 4.15. The highest BCUT2D eigenvalue weighted by Crippen LogP contribution is 2.50. The van der Waals surface area contributed by atoms with Crippen molar-refractivity contribution in [2.24, 2.45) is 0 Å². The van der Waals surface area contributed by atoms with Crippen molar-refractivity contribution in [3.8, 4) is 5.82 Å². The molecule has 5 rings (SSSR count). The number of urea groups is 1. The van der Waals surface area contributed by atoms with Crippen LogP contribution in [0.5, 0.6) is 0 Å². The lowest BCUT2D eigenvalue weighted by Gasteiger charge is -2.28. The van der Waals surface area contributed by atoms with E-state index in [2.05, 4.69) is 30.6 Å². The molecule has 0 saturated heterocycles. The highest BCUT2D eigenvalue weighted by atomic mass is 35.5. The summed E-state index contributed by atoms with van der Waals surface area (Å²) in [6.45, 7) is 1.73. The van der Waals surface area contributed by atoms with Gasteiger partial charge >= 0.3 is 12.2 Å². The number of amides is 2. The first-order chi connectivity index (χ1) is 16.5. The van der Waals surface area contributed by atoms with Gasteiger partial charge in [-0.3, -0.25) is 4.90 Å². The Kier molecular flexibility index (Phi) is 5.18. The highest BCUT2D eigenvalue weighted by molar-refractivity contribution is 6.32. The topological polar surface area (TPSA) is 126 Å². The third-order valence-corrected chi connectivity index (χ3v) is 6.03. The smallest absolute Gasteiger partial charge is 0.387 e. The summed E-state index contributed by atoms with van der Waals surface area (Å²) in [6, 6.07) is 1.94. The van der Waals surface area contributed by atoms with Gasteiger partial charge in [-0.15, -0.1) is 4.80 Å². The van der Waals surface area contributed by atoms with E-state index in [9.17, 15) is 23.1 Å². The van der Waals surface area contributed by atoms with Crippen LogP contribution in [0.15, 0.2) is 36.9 Å². The van der Waals surface area contributed by atoms with Crippen molar-refractivity contribution in [1.82, 2.24) is 34.6 Å². The van der Waals surface area contributed by atoms with Crippen molar-refractivity contribution >= 4 is 34.7 Å². The Hall–Kier alpha value is -3.78. The molecule has 15 heteroatoms. The van der Waals surface area contributed by atoms with E-state index < -0.39 is 30.3 Å². The van der Waals surface area contributed by atoms with Crippen molar-refractivity contribution < 1.29 is 23.1 Å². The van der Waals surface area contributed by atoms with Gasteiger partial charge in [0.2, 0.25) is 0 Å². The molecule has 182 valence electrons. The van der Waals surface area contributed by atoms with Gasteiger partial charge in [-0.05, 0) is 19.9 Å². The molecule has 0 aromatic carbocycles. The molecule has 5 heterocycles. The van der Waals surface area contributed by atoms with Crippen LogP contribution in [-0.2, 0) is 5.41 Å². The van der Waals surface area contributed by atoms with Gasteiger partial charge in [0.05, 0.1) is 58.7 Å². The number of carbonyl (C=O) groups excluding carboxylic acids is 1. The number of pyridine rings is 1. The fraction of sp³-hybridized carbons (Fsp3) is 0.300. The zero-order chi connectivity index (χ0) is 25.1. The molecule has 0 aliphatic carbocycles. The second kappa shape index (κ2) is 7.88. The van der Waals surface area contributed by atoms with E-state index in [1.807, 2.05) is 0 Å². The summed E-state index contributed by atoms with van der Waals surface area (Å²) >= 11 is 6.22. The number of aromatic nitrogens is 7. The number of aliphatic hydroxyl groups is 1. The first-order valence-electron chi connectivity index (χ1n) is 10.2. The van der Waals surface area contributed by atoms with Gasteiger partial charge in [-0.1, -0.05) is 11.6 Å². The van der Waals surface area contributed by atoms with Crippen LogP contribution in [0.4, 0.5) is 29.3 Å². The maximum Gasteiger partial charge on any atom is 0.401 e. The largest absolute Gasteiger partial charge is 0.401 e. The summed E-state index contributed by atoms with van der Waals surface area (Å²) in [6.07, 6.45) is -0.387. The molecule has 4 aromatic heterocycles. The lowest BCUT2D eigenvalue weighted by molar-refractivity contribution is -0.181. The van der Waals surface area contributed by atoms with Crippen molar-refractivity contribution in [3.63, 3.8) is 0 Å². The van der Waals surface area contributed by atoms with Crippen molar-refractivity contribution in [2.45, 2.75) is 31.5 Å². The maximum atomic E-state index is 14.3. The monoisotopic (exact) mass is 507 g/mol. The minimum Gasteiger partial charge on any atom is -0.387 e. The number of anilines is 2. The molecule has 0 saturated carbocycles. The number of hydrogen-bond donors (Lipinski definition) is 2. The molecule has 2 amide bonds. The predicted molar refractivity (Wildman–Crippen MR) is 118 cm³/mol.